The van der Waals surface area contributed by atoms with E-state index >= 15 is 0 Å². The van der Waals surface area contributed by atoms with Crippen LogP contribution in [-0.4, -0.2) is 28.5 Å². The van der Waals surface area contributed by atoms with E-state index in [0.29, 0.717) is 17.8 Å². The molecule has 0 spiro atoms. The Balaban J connectivity index is 1.86. The topological polar surface area (TPSA) is 98.0 Å². The zero-order valence-corrected chi connectivity index (χ0v) is 15.7. The smallest absolute Gasteiger partial charge is 0.257 e. The molecule has 2 aromatic heterocycles. The molecule has 132 valence electrons. The number of sulfonamides is 1. The molecule has 1 N–H and O–H groups in total. The van der Waals surface area contributed by atoms with E-state index in [4.69, 9.17) is 4.52 Å². The molecule has 0 aliphatic heterocycles. The van der Waals surface area contributed by atoms with Gasteiger partial charge in [0.1, 0.15) is 0 Å². The van der Waals surface area contributed by atoms with Crippen LogP contribution < -0.4 is 4.72 Å². The van der Waals surface area contributed by atoms with Gasteiger partial charge in [0.25, 0.3) is 5.89 Å². The molecule has 0 unspecified atom stereocenters. The molecule has 0 atom stereocenters. The molecule has 0 fully saturated rings. The van der Waals surface area contributed by atoms with Gasteiger partial charge in [0.15, 0.2) is 5.82 Å². The van der Waals surface area contributed by atoms with Gasteiger partial charge in [-0.15, -0.1) is 0 Å². The molecule has 25 heavy (non-hydrogen) atoms. The van der Waals surface area contributed by atoms with Gasteiger partial charge >= 0.3 is 0 Å². The monoisotopic (exact) mass is 378 g/mol. The molecule has 0 amide bonds. The summed E-state index contributed by atoms with van der Waals surface area (Å²) < 4.78 is 37.0. The van der Waals surface area contributed by atoms with E-state index < -0.39 is 15.6 Å². The maximum atomic E-state index is 12.5. The van der Waals surface area contributed by atoms with Crippen molar-refractivity contribution in [1.29, 1.82) is 0 Å². The summed E-state index contributed by atoms with van der Waals surface area (Å²) in [5, 5.41) is 5.81. The predicted octanol–water partition coefficient (Wildman–Crippen LogP) is 2.86. The quantitative estimate of drug-likeness (QED) is 0.733. The summed E-state index contributed by atoms with van der Waals surface area (Å²) in [5.74, 6) is 0.778. The first-order valence-corrected chi connectivity index (χ1v) is 9.91. The highest BCUT2D eigenvalue weighted by molar-refractivity contribution is 7.89. The number of aromatic nitrogens is 3. The van der Waals surface area contributed by atoms with Crippen LogP contribution in [0.4, 0.5) is 0 Å². The molecule has 9 heteroatoms. The summed E-state index contributed by atoms with van der Waals surface area (Å²) in [4.78, 5) is 4.48. The first kappa shape index (κ1) is 17.7. The van der Waals surface area contributed by atoms with Gasteiger partial charge in [-0.25, -0.2) is 13.1 Å². The van der Waals surface area contributed by atoms with E-state index in [1.165, 1.54) is 23.7 Å². The minimum Gasteiger partial charge on any atom is -0.334 e. The van der Waals surface area contributed by atoms with E-state index in [-0.39, 0.29) is 10.8 Å². The highest BCUT2D eigenvalue weighted by Crippen LogP contribution is 2.22. The minimum atomic E-state index is -3.63. The van der Waals surface area contributed by atoms with Crippen molar-refractivity contribution in [1.82, 2.24) is 19.2 Å². The first-order chi connectivity index (χ1) is 11.7. The van der Waals surface area contributed by atoms with Crippen LogP contribution in [-0.2, 0) is 16.4 Å². The van der Waals surface area contributed by atoms with Crippen molar-refractivity contribution in [2.75, 3.05) is 0 Å². The highest BCUT2D eigenvalue weighted by atomic mass is 32.2. The lowest BCUT2D eigenvalue weighted by molar-refractivity contribution is 0.423. The van der Waals surface area contributed by atoms with Gasteiger partial charge in [-0.1, -0.05) is 11.2 Å². The summed E-state index contributed by atoms with van der Waals surface area (Å²) in [5.41, 5.74) is 0.844. The fourth-order valence-electron chi connectivity index (χ4n) is 2.19. The van der Waals surface area contributed by atoms with E-state index in [0.717, 1.165) is 5.69 Å². The SMILES string of the molecule is CC(C)(C)NS(=O)(=O)c1cccc(-c2nc(Cc3ccsn3)no2)c1. The maximum absolute atomic E-state index is 12.5. The average Bonchev–Trinajstić information content (AvgIpc) is 3.17. The van der Waals surface area contributed by atoms with E-state index in [1.54, 1.807) is 32.9 Å². The van der Waals surface area contributed by atoms with Crippen LogP contribution in [0.2, 0.25) is 0 Å². The van der Waals surface area contributed by atoms with Crippen LogP contribution in [0.15, 0.2) is 45.1 Å². The fraction of sp³-hybridized carbons (Fsp3) is 0.312. The van der Waals surface area contributed by atoms with Crippen LogP contribution in [0.5, 0.6) is 0 Å². The number of hydrogen-bond donors (Lipinski definition) is 1. The molecule has 0 saturated heterocycles. The Morgan fingerprint density at radius 1 is 1.24 bits per heavy atom. The molecule has 2 heterocycles. The summed E-state index contributed by atoms with van der Waals surface area (Å²) in [6.07, 6.45) is 0.469. The van der Waals surface area contributed by atoms with Gasteiger partial charge in [0.05, 0.1) is 17.0 Å². The molecular formula is C16H18N4O3S2. The Bertz CT molecular complexity index is 957. The first-order valence-electron chi connectivity index (χ1n) is 7.59. The van der Waals surface area contributed by atoms with Gasteiger partial charge in [-0.3, -0.25) is 0 Å². The lowest BCUT2D eigenvalue weighted by atomic mass is 10.1. The third-order valence-corrected chi connectivity index (χ3v) is 5.48. The lowest BCUT2D eigenvalue weighted by Gasteiger charge is -2.20. The van der Waals surface area contributed by atoms with Gasteiger partial charge < -0.3 is 4.52 Å². The van der Waals surface area contributed by atoms with Crippen LogP contribution in [0.3, 0.4) is 0 Å². The van der Waals surface area contributed by atoms with Crippen molar-refractivity contribution in [3.63, 3.8) is 0 Å². The van der Waals surface area contributed by atoms with Crippen molar-refractivity contribution < 1.29 is 12.9 Å². The Morgan fingerprint density at radius 3 is 2.72 bits per heavy atom. The van der Waals surface area contributed by atoms with Crippen molar-refractivity contribution in [2.24, 2.45) is 0 Å². The van der Waals surface area contributed by atoms with E-state index in [9.17, 15) is 8.42 Å². The number of nitrogens with zero attached hydrogens (tertiary/aromatic N) is 3. The molecular weight excluding hydrogens is 360 g/mol. The van der Waals surface area contributed by atoms with Gasteiger partial charge in [-0.05, 0) is 56.6 Å². The standard InChI is InChI=1S/C16H18N4O3S2/c1-16(2,3)20-25(21,22)13-6-4-5-11(9-13)15-17-14(18-23-15)10-12-7-8-24-19-12/h4-9,20H,10H2,1-3H3. The van der Waals surface area contributed by atoms with Crippen molar-refractivity contribution >= 4 is 21.6 Å². The second kappa shape index (κ2) is 6.66. The molecule has 1 aromatic carbocycles. The molecule has 7 nitrogen and oxygen atoms in total. The zero-order chi connectivity index (χ0) is 18.1. The summed E-state index contributed by atoms with van der Waals surface area (Å²) in [6, 6.07) is 8.33. The third-order valence-electron chi connectivity index (χ3n) is 3.13. The lowest BCUT2D eigenvalue weighted by Crippen LogP contribution is -2.40. The molecule has 0 radical (unpaired) electrons. The van der Waals surface area contributed by atoms with Crippen LogP contribution in [0, 0.1) is 0 Å². The van der Waals surface area contributed by atoms with E-state index in [1.807, 2.05) is 11.4 Å². The van der Waals surface area contributed by atoms with Crippen LogP contribution in [0.1, 0.15) is 32.3 Å². The van der Waals surface area contributed by atoms with Crippen molar-refractivity contribution in [3.8, 4) is 11.5 Å². The normalized spacial score (nSPS) is 12.4. The molecule has 0 saturated carbocycles. The third kappa shape index (κ3) is 4.50. The molecule has 0 aliphatic rings. The molecule has 3 rings (SSSR count). The Hall–Kier alpha value is -2.10. The van der Waals surface area contributed by atoms with Crippen molar-refractivity contribution in [2.45, 2.75) is 37.6 Å². The summed E-state index contributed by atoms with van der Waals surface area (Å²) >= 11 is 1.36. The molecule has 3 aromatic rings. The van der Waals surface area contributed by atoms with Crippen molar-refractivity contribution in [3.05, 3.63) is 47.2 Å². The Labute approximate surface area is 150 Å². The summed E-state index contributed by atoms with van der Waals surface area (Å²) in [6.45, 7) is 5.37. The molecule has 0 bridgehead atoms. The number of benzene rings is 1. The minimum absolute atomic E-state index is 0.152. The maximum Gasteiger partial charge on any atom is 0.257 e. The fourth-order valence-corrected chi connectivity index (χ4v) is 4.20. The van der Waals surface area contributed by atoms with E-state index in [2.05, 4.69) is 19.2 Å². The van der Waals surface area contributed by atoms with Gasteiger partial charge in [0.2, 0.25) is 10.0 Å². The van der Waals surface area contributed by atoms with Gasteiger partial charge in [0, 0.05) is 16.5 Å². The number of nitrogens with one attached hydrogen (secondary N) is 1. The Morgan fingerprint density at radius 2 is 2.04 bits per heavy atom. The van der Waals surface area contributed by atoms with Crippen LogP contribution in [0.25, 0.3) is 11.5 Å². The summed E-state index contributed by atoms with van der Waals surface area (Å²) in [7, 11) is -3.63. The second-order valence-corrected chi connectivity index (χ2v) is 8.91. The van der Waals surface area contributed by atoms with Crippen LogP contribution >= 0.6 is 11.5 Å². The predicted molar refractivity (Wildman–Crippen MR) is 94.7 cm³/mol. The Kier molecular flexibility index (Phi) is 4.72. The second-order valence-electron chi connectivity index (χ2n) is 6.57. The van der Waals surface area contributed by atoms with Gasteiger partial charge in [-0.2, -0.15) is 9.36 Å². The highest BCUT2D eigenvalue weighted by Gasteiger charge is 2.23. The zero-order valence-electron chi connectivity index (χ0n) is 14.1. The number of rotatable bonds is 5. The number of hydrogen-bond acceptors (Lipinski definition) is 7. The average molecular weight is 378 g/mol. The molecule has 0 aliphatic carbocycles. The largest absolute Gasteiger partial charge is 0.334 e.